The van der Waals surface area contributed by atoms with Crippen molar-refractivity contribution in [3.63, 3.8) is 0 Å². The highest BCUT2D eigenvalue weighted by molar-refractivity contribution is 8.00. The van der Waals surface area contributed by atoms with E-state index in [0.29, 0.717) is 60.6 Å². The molecule has 1 aliphatic heterocycles. The number of nitrogens with zero attached hydrogens (tertiary/aromatic N) is 1. The Labute approximate surface area is 623 Å². The maximum Gasteiger partial charge on any atom is 0.305 e. The molecule has 1 aliphatic rings. The Morgan fingerprint density at radius 3 is 1.92 bits per heavy atom. The Kier molecular flexibility index (Phi) is 37.8. The Morgan fingerprint density at radius 2 is 1.24 bits per heavy atom. The summed E-state index contributed by atoms with van der Waals surface area (Å²) >= 11 is 1.63. The van der Waals surface area contributed by atoms with Crippen LogP contribution in [0.5, 0.6) is 11.5 Å². The van der Waals surface area contributed by atoms with Crippen LogP contribution in [0.2, 0.25) is 0 Å². The van der Waals surface area contributed by atoms with Crippen LogP contribution in [0.15, 0.2) is 132 Å². The van der Waals surface area contributed by atoms with Crippen LogP contribution >= 0.6 is 11.8 Å². The largest absolute Gasteiger partial charge is 0.497 e. The van der Waals surface area contributed by atoms with Crippen molar-refractivity contribution in [2.24, 2.45) is 22.4 Å². The molecule has 1 unspecified atom stereocenters. The van der Waals surface area contributed by atoms with E-state index in [1.807, 2.05) is 79.7 Å². The number of nitrogens with two attached hydrogens (primary N) is 2. The number of hydrogen-bond acceptors (Lipinski definition) is 18. The molecule has 28 heteroatoms. The zero-order valence-electron chi connectivity index (χ0n) is 60.5. The van der Waals surface area contributed by atoms with Crippen LogP contribution in [0.1, 0.15) is 116 Å². The van der Waals surface area contributed by atoms with Crippen molar-refractivity contribution in [3.8, 4) is 23.3 Å². The number of nitrogens with one attached hydrogen (secondary N) is 7. The topological polar surface area (TPSA) is 395 Å². The van der Waals surface area contributed by atoms with Crippen LogP contribution in [0, 0.1) is 24.7 Å². The summed E-state index contributed by atoms with van der Waals surface area (Å²) in [5.41, 5.74) is 17.2. The molecule has 0 saturated carbocycles. The predicted molar refractivity (Wildman–Crippen MR) is 400 cm³/mol. The van der Waals surface area contributed by atoms with Crippen LogP contribution in [0.25, 0.3) is 0 Å². The summed E-state index contributed by atoms with van der Waals surface area (Å²) in [7, 11) is 3.22. The van der Waals surface area contributed by atoms with Gasteiger partial charge in [0.15, 0.2) is 17.5 Å². The van der Waals surface area contributed by atoms with E-state index in [0.717, 1.165) is 27.8 Å². The molecule has 5 aromatic rings. The van der Waals surface area contributed by atoms with Crippen molar-refractivity contribution < 1.29 is 81.5 Å². The number of carbonyl (C=O) groups is 10. The van der Waals surface area contributed by atoms with E-state index in [1.54, 1.807) is 56.3 Å². The molecule has 0 bridgehead atoms. The smallest absolute Gasteiger partial charge is 0.305 e. The third-order valence-electron chi connectivity index (χ3n) is 16.9. The van der Waals surface area contributed by atoms with E-state index in [2.05, 4.69) is 78.3 Å². The molecule has 5 aromatic carbocycles. The summed E-state index contributed by atoms with van der Waals surface area (Å²) in [6, 6.07) is 36.7. The van der Waals surface area contributed by atoms with E-state index in [1.165, 1.54) is 0 Å². The summed E-state index contributed by atoms with van der Waals surface area (Å²) < 4.78 is 32.8. The molecule has 570 valence electrons. The Morgan fingerprint density at radius 1 is 0.613 bits per heavy atom. The monoisotopic (exact) mass is 1480 g/mol. The van der Waals surface area contributed by atoms with Crippen LogP contribution in [0.4, 0.5) is 0 Å². The molecule has 7 amide bonds. The quantitative estimate of drug-likeness (QED) is 0.00836. The van der Waals surface area contributed by atoms with Gasteiger partial charge in [0.25, 0.3) is 0 Å². The number of rotatable bonds is 43. The maximum absolute atomic E-state index is 14.1. The van der Waals surface area contributed by atoms with E-state index in [9.17, 15) is 53.1 Å². The SMILES string of the molecule is COc1ccc(C(SCCC(=O)NCCOCCOCC(=O)CCCOCCOCC(=O)NCCCC[C@@H]2NC(=O)[C@H](Cc3ccccc3)CC(=O)[C@H](CC(=O)O)NC(=O)CNC(=O)[C@H](CCCN=C(N)N)NC2=O)(c2ccc(C)cc2)c2ccc(OC)c(C#CCCC(=O)NCc3ccccc3)c2)cc1. The third-order valence-corrected chi connectivity index (χ3v) is 18.5. The van der Waals surface area contributed by atoms with Gasteiger partial charge in [0.05, 0.1) is 76.6 Å². The fourth-order valence-corrected chi connectivity index (χ4v) is 12.8. The second kappa shape index (κ2) is 47.3. The van der Waals surface area contributed by atoms with Crippen molar-refractivity contribution in [2.45, 2.75) is 120 Å². The molecule has 0 radical (unpaired) electrons. The van der Waals surface area contributed by atoms with Crippen molar-refractivity contribution in [2.75, 3.05) is 99.0 Å². The first-order valence-corrected chi connectivity index (χ1v) is 36.5. The molecule has 0 spiro atoms. The molecule has 106 heavy (non-hydrogen) atoms. The van der Waals surface area contributed by atoms with Gasteiger partial charge in [-0.2, -0.15) is 0 Å². The van der Waals surface area contributed by atoms with Gasteiger partial charge in [0.2, 0.25) is 41.4 Å². The number of carboxylic acids is 1. The molecule has 5 atom stereocenters. The number of aryl methyl sites for hydroxylation is 1. The molecule has 12 N–H and O–H groups in total. The van der Waals surface area contributed by atoms with Gasteiger partial charge >= 0.3 is 5.97 Å². The summed E-state index contributed by atoms with van der Waals surface area (Å²) in [5.74, 6) is 0.981. The van der Waals surface area contributed by atoms with E-state index >= 15 is 0 Å². The standard InChI is InChI=1S/C78H100N10O17S/c1-54-25-27-59(28-26-54)78(60-29-32-63(100-2)33-30-60,61-31-34-68(101-3)57(47-61)20-10-11-24-69(91)84-50-56-18-8-5-9-19-56)106-45-35-70(92)82-38-40-103-42-43-104-52-62(89)21-15-39-102-41-44-105-53-72(94)81-36-13-12-22-65-76(99)88-64(23-14-37-83-77(79)80)75(98)85-51-71(93)86-66(49-73(95)96)67(90)48-58(74(97)87-65)46-55-16-6-4-7-17-55/h4-9,16-19,25-34,47,58,64-66H,11-15,21-24,35-46,48-53H2,1-3H3,(H,81,94)(H,82,92)(H,84,91)(H,85,98)(H,86,93)(H,87,97)(H,88,99)(H,95,96)(H4,79,80,83)/t58-,64+,65+,66+,78?/m1/s1. The van der Waals surface area contributed by atoms with Crippen LogP contribution in [-0.2, 0) is 84.6 Å². The van der Waals surface area contributed by atoms with Crippen LogP contribution in [0.3, 0.4) is 0 Å². The number of unbranched alkanes of at least 4 members (excludes halogenated alkanes) is 1. The van der Waals surface area contributed by atoms with Crippen molar-refractivity contribution in [1.29, 1.82) is 0 Å². The Hall–Kier alpha value is -10.2. The number of methoxy groups -OCH3 is 2. The normalized spacial score (nSPS) is 16.1. The highest BCUT2D eigenvalue weighted by Crippen LogP contribution is 2.50. The number of amides is 7. The van der Waals surface area contributed by atoms with Gasteiger partial charge in [-0.15, -0.1) is 11.8 Å². The van der Waals surface area contributed by atoms with Crippen molar-refractivity contribution in [3.05, 3.63) is 166 Å². The molecule has 0 aromatic heterocycles. The highest BCUT2D eigenvalue weighted by Gasteiger charge is 2.39. The van der Waals surface area contributed by atoms with E-state index in [-0.39, 0.29) is 141 Å². The first-order valence-electron chi connectivity index (χ1n) is 35.5. The fourth-order valence-electron chi connectivity index (χ4n) is 11.3. The Balaban J connectivity index is 0.868. The lowest BCUT2D eigenvalue weighted by Gasteiger charge is -2.36. The minimum atomic E-state index is -1.52. The number of aliphatic imine (C=N–C) groups is 1. The van der Waals surface area contributed by atoms with Crippen molar-refractivity contribution >= 4 is 76.6 Å². The van der Waals surface area contributed by atoms with Gasteiger partial charge < -0.3 is 82.2 Å². The van der Waals surface area contributed by atoms with Gasteiger partial charge in [-0.25, -0.2) is 0 Å². The van der Waals surface area contributed by atoms with Gasteiger partial charge in [0.1, 0.15) is 36.8 Å². The first-order chi connectivity index (χ1) is 51.3. The van der Waals surface area contributed by atoms with E-state index < -0.39 is 89.5 Å². The number of guanidine groups is 1. The highest BCUT2D eigenvalue weighted by atomic mass is 32.2. The van der Waals surface area contributed by atoms with E-state index in [4.69, 9.17) is 39.9 Å². The molecule has 1 fully saturated rings. The van der Waals surface area contributed by atoms with Gasteiger partial charge in [0, 0.05) is 76.6 Å². The number of aliphatic carboxylic acids is 1. The molecule has 1 saturated heterocycles. The predicted octanol–water partition coefficient (Wildman–Crippen LogP) is 4.62. The number of thioether (sulfide) groups is 1. The zero-order chi connectivity index (χ0) is 76.3. The van der Waals surface area contributed by atoms with Crippen molar-refractivity contribution in [1.82, 2.24) is 37.2 Å². The number of benzene rings is 5. The lowest BCUT2D eigenvalue weighted by Crippen LogP contribution is -2.55. The third kappa shape index (κ3) is 30.9. The molecule has 1 heterocycles. The number of ether oxygens (including phenoxy) is 6. The van der Waals surface area contributed by atoms with Crippen LogP contribution in [-0.4, -0.2) is 187 Å². The molecular weight excluding hydrogens is 1380 g/mol. The minimum Gasteiger partial charge on any atom is -0.497 e. The molecule has 0 aliphatic carbocycles. The second-order valence-electron chi connectivity index (χ2n) is 25.1. The fraction of sp³-hybridized carbons (Fsp3) is 0.449. The number of hydrogen-bond donors (Lipinski definition) is 10. The van der Waals surface area contributed by atoms with Gasteiger partial charge in [-0.05, 0) is 104 Å². The van der Waals surface area contributed by atoms with Gasteiger partial charge in [-0.1, -0.05) is 121 Å². The summed E-state index contributed by atoms with van der Waals surface area (Å²) in [6.07, 6.45) is 1.17. The average molecular weight is 1480 g/mol. The summed E-state index contributed by atoms with van der Waals surface area (Å²) in [6.45, 7) is 3.19. The number of ketones is 2. The maximum atomic E-state index is 14.1. The molecule has 27 nitrogen and oxygen atoms in total. The first kappa shape index (κ1) is 84.8. The Bertz CT molecular complexity index is 3740. The molecular formula is C78H100N10O17S. The molecule has 6 rings (SSSR count). The number of Topliss-reactive ketones (excluding diaryl/α,β-unsaturated/α-hetero) is 2. The van der Waals surface area contributed by atoms with Gasteiger partial charge in [-0.3, -0.25) is 52.9 Å². The minimum absolute atomic E-state index is 0.0197. The summed E-state index contributed by atoms with van der Waals surface area (Å²) in [5, 5.41) is 28.5. The number of carboxylic acid groups (broad SMARTS) is 1. The van der Waals surface area contributed by atoms with Crippen LogP contribution < -0.4 is 58.2 Å². The lowest BCUT2D eigenvalue weighted by molar-refractivity contribution is -0.140. The average Bonchev–Trinajstić information content (AvgIpc) is 0.751. The number of carbonyl (C=O) groups excluding carboxylic acids is 9. The second-order valence-corrected chi connectivity index (χ2v) is 26.4. The zero-order valence-corrected chi connectivity index (χ0v) is 61.3. The lowest BCUT2D eigenvalue weighted by atomic mass is 9.83. The summed E-state index contributed by atoms with van der Waals surface area (Å²) in [4.78, 5) is 135.